The van der Waals surface area contributed by atoms with E-state index in [2.05, 4.69) is 27.2 Å². The molecule has 0 saturated heterocycles. The number of halogens is 3. The number of sulfonamides is 1. The number of anilines is 2. The Balaban J connectivity index is 1.35. The molecule has 0 aromatic heterocycles. The molecule has 3 unspecified atom stereocenters. The fourth-order valence-electron chi connectivity index (χ4n) is 5.95. The normalized spacial score (nSPS) is 18.6. The lowest BCUT2D eigenvalue weighted by Crippen LogP contribution is -2.48. The number of hydrogen-bond donors (Lipinski definition) is 3. The standard InChI is InChI=1S/C32H37F3N4O5S/c1-3-23-20-39-12-13-45(42,43)38(2)28-17-24(16-26(23)30(28)39)31(41)37-27(15-21-8-5-4-6-9-21)29(40)19-36-18-22-10-7-11-25(14-22)44-32(33,34)35/h4-11,14,16-17,23,27,29,36,40H,3,12-13,15,18-20H2,1-2H3,(H,37,41). The maximum atomic E-state index is 13.8. The van der Waals surface area contributed by atoms with E-state index in [-0.39, 0.29) is 30.5 Å². The van der Waals surface area contributed by atoms with E-state index in [1.807, 2.05) is 36.4 Å². The predicted octanol–water partition coefficient (Wildman–Crippen LogP) is 4.17. The number of ether oxygens (including phenoxy) is 1. The first-order chi connectivity index (χ1) is 21.3. The first kappa shape index (κ1) is 32.6. The molecular formula is C32H37F3N4O5S. The molecule has 2 aliphatic rings. The van der Waals surface area contributed by atoms with E-state index >= 15 is 0 Å². The number of aliphatic hydroxyl groups excluding tert-OH is 1. The molecule has 242 valence electrons. The summed E-state index contributed by atoms with van der Waals surface area (Å²) in [7, 11) is -2.06. The lowest BCUT2D eigenvalue weighted by atomic mass is 9.95. The second-order valence-corrected chi connectivity index (χ2v) is 13.6. The molecule has 0 spiro atoms. The van der Waals surface area contributed by atoms with Gasteiger partial charge in [-0.1, -0.05) is 49.4 Å². The molecule has 3 N–H and O–H groups in total. The summed E-state index contributed by atoms with van der Waals surface area (Å²) < 4.78 is 69.0. The van der Waals surface area contributed by atoms with Crippen LogP contribution in [-0.4, -0.2) is 70.4 Å². The van der Waals surface area contributed by atoms with E-state index in [1.165, 1.54) is 29.6 Å². The van der Waals surface area contributed by atoms with Crippen molar-refractivity contribution in [1.29, 1.82) is 0 Å². The minimum absolute atomic E-state index is 0.0203. The molecular weight excluding hydrogens is 609 g/mol. The molecule has 0 aliphatic carbocycles. The molecule has 0 radical (unpaired) electrons. The van der Waals surface area contributed by atoms with E-state index in [1.54, 1.807) is 12.1 Å². The van der Waals surface area contributed by atoms with Gasteiger partial charge in [0.1, 0.15) is 5.75 Å². The Bertz CT molecular complexity index is 1620. The molecule has 3 atom stereocenters. The van der Waals surface area contributed by atoms with Crippen molar-refractivity contribution < 1.29 is 36.2 Å². The van der Waals surface area contributed by atoms with Crippen molar-refractivity contribution in [3.63, 3.8) is 0 Å². The lowest BCUT2D eigenvalue weighted by Gasteiger charge is -2.26. The predicted molar refractivity (Wildman–Crippen MR) is 166 cm³/mol. The molecule has 0 fully saturated rings. The van der Waals surface area contributed by atoms with Gasteiger partial charge in [0.2, 0.25) is 10.0 Å². The van der Waals surface area contributed by atoms with Gasteiger partial charge in [0.05, 0.1) is 29.3 Å². The summed E-state index contributed by atoms with van der Waals surface area (Å²) in [5.41, 5.74) is 3.94. The van der Waals surface area contributed by atoms with Crippen LogP contribution in [0.15, 0.2) is 66.7 Å². The third-order valence-corrected chi connectivity index (χ3v) is 10.1. The van der Waals surface area contributed by atoms with Crippen LogP contribution in [0.25, 0.3) is 0 Å². The number of aliphatic hydroxyl groups is 1. The Morgan fingerprint density at radius 3 is 2.53 bits per heavy atom. The highest BCUT2D eigenvalue weighted by molar-refractivity contribution is 7.92. The molecule has 1 amide bonds. The minimum atomic E-state index is -4.80. The van der Waals surface area contributed by atoms with Gasteiger partial charge in [0.25, 0.3) is 5.91 Å². The summed E-state index contributed by atoms with van der Waals surface area (Å²) in [6, 6.07) is 17.6. The van der Waals surface area contributed by atoms with E-state index in [4.69, 9.17) is 0 Å². The zero-order valence-corrected chi connectivity index (χ0v) is 25.9. The van der Waals surface area contributed by atoms with Gasteiger partial charge >= 0.3 is 6.36 Å². The van der Waals surface area contributed by atoms with Crippen LogP contribution in [0.5, 0.6) is 5.75 Å². The summed E-state index contributed by atoms with van der Waals surface area (Å²) >= 11 is 0. The zero-order valence-electron chi connectivity index (χ0n) is 25.0. The van der Waals surface area contributed by atoms with Crippen molar-refractivity contribution in [3.05, 3.63) is 89.0 Å². The lowest BCUT2D eigenvalue weighted by molar-refractivity contribution is -0.274. The number of alkyl halides is 3. The van der Waals surface area contributed by atoms with E-state index < -0.39 is 34.4 Å². The molecule has 13 heteroatoms. The molecule has 9 nitrogen and oxygen atoms in total. The number of nitrogens with one attached hydrogen (secondary N) is 2. The number of rotatable bonds is 11. The number of carbonyl (C=O) groups is 1. The van der Waals surface area contributed by atoms with Crippen molar-refractivity contribution in [2.45, 2.75) is 50.7 Å². The third kappa shape index (κ3) is 7.71. The SMILES string of the molecule is CCC1CN2CCS(=O)(=O)N(C)c3cc(C(=O)NC(Cc4ccccc4)C(O)CNCc4cccc(OC(F)(F)F)c4)cc1c32. The highest BCUT2D eigenvalue weighted by atomic mass is 32.2. The average Bonchev–Trinajstić information content (AvgIpc) is 3.32. The Morgan fingerprint density at radius 1 is 1.09 bits per heavy atom. The highest BCUT2D eigenvalue weighted by Gasteiger charge is 2.38. The summed E-state index contributed by atoms with van der Waals surface area (Å²) in [6.07, 6.45) is -4.73. The monoisotopic (exact) mass is 646 g/mol. The Labute approximate surface area is 261 Å². The molecule has 2 heterocycles. The van der Waals surface area contributed by atoms with Crippen molar-refractivity contribution in [1.82, 2.24) is 10.6 Å². The van der Waals surface area contributed by atoms with Gasteiger partial charge in [0, 0.05) is 44.7 Å². The van der Waals surface area contributed by atoms with Gasteiger partial charge in [-0.15, -0.1) is 13.2 Å². The van der Waals surface area contributed by atoms with Gasteiger partial charge in [-0.25, -0.2) is 8.42 Å². The van der Waals surface area contributed by atoms with Crippen molar-refractivity contribution >= 4 is 27.3 Å². The van der Waals surface area contributed by atoms with Gasteiger partial charge in [-0.2, -0.15) is 0 Å². The van der Waals surface area contributed by atoms with Gasteiger partial charge in [0.15, 0.2) is 0 Å². The second-order valence-electron chi connectivity index (χ2n) is 11.4. The number of nitrogens with zero attached hydrogens (tertiary/aromatic N) is 2. The van der Waals surface area contributed by atoms with Crippen LogP contribution in [0.2, 0.25) is 0 Å². The summed E-state index contributed by atoms with van der Waals surface area (Å²) in [6.45, 7) is 3.31. The van der Waals surface area contributed by atoms with E-state index in [9.17, 15) is 31.5 Å². The molecule has 3 aromatic carbocycles. The molecule has 3 aromatic rings. The summed E-state index contributed by atoms with van der Waals surface area (Å²) in [5.74, 6) is -0.661. The summed E-state index contributed by atoms with van der Waals surface area (Å²) in [5, 5.41) is 17.3. The number of benzene rings is 3. The van der Waals surface area contributed by atoms with Crippen LogP contribution in [-0.2, 0) is 23.0 Å². The van der Waals surface area contributed by atoms with Crippen LogP contribution in [0.1, 0.15) is 46.3 Å². The zero-order chi connectivity index (χ0) is 32.4. The number of carbonyl (C=O) groups excluding carboxylic acids is 1. The fraction of sp³-hybridized carbons (Fsp3) is 0.406. The largest absolute Gasteiger partial charge is 0.573 e. The molecule has 0 bridgehead atoms. The van der Waals surface area contributed by atoms with E-state index in [0.29, 0.717) is 36.3 Å². The van der Waals surface area contributed by atoms with Gasteiger partial charge < -0.3 is 25.4 Å². The smallest absolute Gasteiger partial charge is 0.406 e. The van der Waals surface area contributed by atoms with Crippen molar-refractivity contribution in [2.24, 2.45) is 0 Å². The van der Waals surface area contributed by atoms with Crippen LogP contribution in [0.3, 0.4) is 0 Å². The van der Waals surface area contributed by atoms with Crippen molar-refractivity contribution in [2.75, 3.05) is 41.6 Å². The molecule has 0 saturated carbocycles. The molecule has 45 heavy (non-hydrogen) atoms. The number of amides is 1. The Morgan fingerprint density at radius 2 is 1.82 bits per heavy atom. The topological polar surface area (TPSA) is 111 Å². The van der Waals surface area contributed by atoms with Crippen LogP contribution < -0.4 is 24.6 Å². The minimum Gasteiger partial charge on any atom is -0.406 e. The maximum absolute atomic E-state index is 13.8. The Hall–Kier alpha value is -3.81. The third-order valence-electron chi connectivity index (χ3n) is 8.34. The average molecular weight is 647 g/mol. The quantitative estimate of drug-likeness (QED) is 0.287. The first-order valence-corrected chi connectivity index (χ1v) is 16.4. The maximum Gasteiger partial charge on any atom is 0.573 e. The van der Waals surface area contributed by atoms with Crippen molar-refractivity contribution in [3.8, 4) is 5.75 Å². The van der Waals surface area contributed by atoms with E-state index in [0.717, 1.165) is 23.2 Å². The Kier molecular flexibility index (Phi) is 9.61. The first-order valence-electron chi connectivity index (χ1n) is 14.8. The fourth-order valence-corrected chi connectivity index (χ4v) is 7.11. The molecule has 2 aliphatic heterocycles. The second kappa shape index (κ2) is 13.3. The van der Waals surface area contributed by atoms with Crippen LogP contribution >= 0.6 is 0 Å². The molecule has 5 rings (SSSR count). The van der Waals surface area contributed by atoms with Gasteiger partial charge in [-0.05, 0) is 53.8 Å². The van der Waals surface area contributed by atoms with Gasteiger partial charge in [-0.3, -0.25) is 9.10 Å². The highest BCUT2D eigenvalue weighted by Crippen LogP contribution is 2.46. The van der Waals surface area contributed by atoms with Crippen LogP contribution in [0, 0.1) is 0 Å². The van der Waals surface area contributed by atoms with Crippen LogP contribution in [0.4, 0.5) is 24.5 Å². The number of hydrogen-bond acceptors (Lipinski definition) is 7. The summed E-state index contributed by atoms with van der Waals surface area (Å²) in [4.78, 5) is 15.9.